The highest BCUT2D eigenvalue weighted by molar-refractivity contribution is 5.70. The van der Waals surface area contributed by atoms with Crippen molar-refractivity contribution >= 4 is 11.8 Å². The molecule has 8 nitrogen and oxygen atoms in total. The normalized spacial score (nSPS) is 15.6. The van der Waals surface area contributed by atoms with Crippen molar-refractivity contribution in [3.05, 3.63) is 24.2 Å². The van der Waals surface area contributed by atoms with Crippen LogP contribution in [0.15, 0.2) is 22.9 Å². The number of anilines is 1. The Kier molecular flexibility index (Phi) is 5.05. The van der Waals surface area contributed by atoms with Gasteiger partial charge < -0.3 is 19.3 Å². The number of hydrogen-bond acceptors (Lipinski definition) is 7. The fraction of sp³-hybridized carbons (Fsp3) is 0.500. The van der Waals surface area contributed by atoms with Gasteiger partial charge in [0.05, 0.1) is 18.1 Å². The van der Waals surface area contributed by atoms with Gasteiger partial charge >= 0.3 is 5.97 Å². The third-order valence-electron chi connectivity index (χ3n) is 4.16. The molecule has 0 radical (unpaired) electrons. The van der Waals surface area contributed by atoms with E-state index in [-0.39, 0.29) is 5.92 Å². The summed E-state index contributed by atoms with van der Waals surface area (Å²) in [6, 6.07) is 3.79. The maximum Gasteiger partial charge on any atom is 0.306 e. The standard InChI is InChI=1S/C16H20N4O4/c1-23-9-6-13-18-15(24-19-13)12-2-3-14(17-10-12)20-7-4-11(5-8-20)16(21)22/h2-3,10-11H,4-9H2,1H3,(H,21,22). The molecule has 1 fully saturated rings. The Balaban J connectivity index is 1.63. The number of carboxylic acids is 1. The van der Waals surface area contributed by atoms with E-state index in [0.29, 0.717) is 50.7 Å². The van der Waals surface area contributed by atoms with Crippen LogP contribution < -0.4 is 4.90 Å². The summed E-state index contributed by atoms with van der Waals surface area (Å²) in [5, 5.41) is 13.0. The minimum Gasteiger partial charge on any atom is -0.481 e. The van der Waals surface area contributed by atoms with Gasteiger partial charge in [0.15, 0.2) is 5.82 Å². The Hall–Kier alpha value is -2.48. The summed E-state index contributed by atoms with van der Waals surface area (Å²) in [5.41, 5.74) is 0.760. The van der Waals surface area contributed by atoms with Crippen molar-refractivity contribution in [2.24, 2.45) is 5.92 Å². The second-order valence-electron chi connectivity index (χ2n) is 5.76. The average Bonchev–Trinajstić information content (AvgIpc) is 3.09. The van der Waals surface area contributed by atoms with Gasteiger partial charge in [-0.1, -0.05) is 5.16 Å². The lowest BCUT2D eigenvalue weighted by Gasteiger charge is -2.30. The molecule has 1 aliphatic rings. The average molecular weight is 332 g/mol. The highest BCUT2D eigenvalue weighted by Gasteiger charge is 2.25. The number of aliphatic carboxylic acids is 1. The first-order valence-corrected chi connectivity index (χ1v) is 7.93. The molecule has 1 N–H and O–H groups in total. The van der Waals surface area contributed by atoms with Gasteiger partial charge in [0.25, 0.3) is 5.89 Å². The lowest BCUT2D eigenvalue weighted by atomic mass is 9.97. The Morgan fingerprint density at radius 1 is 1.42 bits per heavy atom. The molecule has 1 saturated heterocycles. The molecule has 2 aromatic heterocycles. The number of piperidine rings is 1. The van der Waals surface area contributed by atoms with Gasteiger partial charge in [0.2, 0.25) is 0 Å². The van der Waals surface area contributed by atoms with E-state index >= 15 is 0 Å². The highest BCUT2D eigenvalue weighted by atomic mass is 16.5. The Morgan fingerprint density at radius 2 is 2.21 bits per heavy atom. The Morgan fingerprint density at radius 3 is 2.83 bits per heavy atom. The van der Waals surface area contributed by atoms with Crippen LogP contribution in [0, 0.1) is 5.92 Å². The number of methoxy groups -OCH3 is 1. The van der Waals surface area contributed by atoms with E-state index in [9.17, 15) is 4.79 Å². The molecule has 0 spiro atoms. The molecule has 128 valence electrons. The first-order valence-electron chi connectivity index (χ1n) is 7.93. The summed E-state index contributed by atoms with van der Waals surface area (Å²) in [6.45, 7) is 1.94. The minimum absolute atomic E-state index is 0.246. The fourth-order valence-electron chi connectivity index (χ4n) is 2.72. The van der Waals surface area contributed by atoms with E-state index in [1.807, 2.05) is 12.1 Å². The zero-order chi connectivity index (χ0) is 16.9. The predicted octanol–water partition coefficient (Wildman–Crippen LogP) is 1.62. The number of carbonyl (C=O) groups is 1. The summed E-state index contributed by atoms with van der Waals surface area (Å²) in [4.78, 5) is 21.9. The van der Waals surface area contributed by atoms with Crippen molar-refractivity contribution in [2.75, 3.05) is 31.7 Å². The van der Waals surface area contributed by atoms with Crippen molar-refractivity contribution in [3.63, 3.8) is 0 Å². The molecule has 0 aliphatic carbocycles. The summed E-state index contributed by atoms with van der Waals surface area (Å²) >= 11 is 0. The highest BCUT2D eigenvalue weighted by Crippen LogP contribution is 2.24. The Bertz CT molecular complexity index is 678. The van der Waals surface area contributed by atoms with Gasteiger partial charge in [-0.15, -0.1) is 0 Å². The molecule has 2 aromatic rings. The van der Waals surface area contributed by atoms with Crippen LogP contribution in [0.3, 0.4) is 0 Å². The van der Waals surface area contributed by atoms with E-state index in [0.717, 1.165) is 11.4 Å². The quantitative estimate of drug-likeness (QED) is 0.851. The summed E-state index contributed by atoms with van der Waals surface area (Å²) in [7, 11) is 1.63. The smallest absolute Gasteiger partial charge is 0.306 e. The topological polar surface area (TPSA) is 102 Å². The SMILES string of the molecule is COCCc1noc(-c2ccc(N3CCC(C(=O)O)CC3)nc2)n1. The predicted molar refractivity (Wildman–Crippen MR) is 85.7 cm³/mol. The van der Waals surface area contributed by atoms with Crippen LogP contribution in [0.5, 0.6) is 0 Å². The summed E-state index contributed by atoms with van der Waals surface area (Å²) in [6.07, 6.45) is 3.59. The zero-order valence-electron chi connectivity index (χ0n) is 13.5. The van der Waals surface area contributed by atoms with Crippen LogP contribution in [0.25, 0.3) is 11.5 Å². The van der Waals surface area contributed by atoms with Crippen molar-refractivity contribution in [1.82, 2.24) is 15.1 Å². The molecular weight excluding hydrogens is 312 g/mol. The minimum atomic E-state index is -0.710. The number of aromatic nitrogens is 3. The molecule has 0 aromatic carbocycles. The lowest BCUT2D eigenvalue weighted by Crippen LogP contribution is -2.36. The molecule has 0 saturated carbocycles. The molecule has 0 atom stereocenters. The van der Waals surface area contributed by atoms with Gasteiger partial charge in [-0.3, -0.25) is 4.79 Å². The van der Waals surface area contributed by atoms with Gasteiger partial charge in [0.1, 0.15) is 5.82 Å². The Labute approximate surface area is 139 Å². The number of carboxylic acid groups (broad SMARTS) is 1. The molecule has 1 aliphatic heterocycles. The molecule has 0 bridgehead atoms. The van der Waals surface area contributed by atoms with E-state index in [2.05, 4.69) is 20.0 Å². The van der Waals surface area contributed by atoms with Crippen LogP contribution in [0.2, 0.25) is 0 Å². The second kappa shape index (κ2) is 7.39. The van der Waals surface area contributed by atoms with Crippen molar-refractivity contribution in [1.29, 1.82) is 0 Å². The van der Waals surface area contributed by atoms with Gasteiger partial charge in [-0.25, -0.2) is 4.98 Å². The number of pyridine rings is 1. The van der Waals surface area contributed by atoms with Gasteiger partial charge in [-0.05, 0) is 25.0 Å². The fourth-order valence-corrected chi connectivity index (χ4v) is 2.72. The number of hydrogen-bond donors (Lipinski definition) is 1. The van der Waals surface area contributed by atoms with Crippen LogP contribution in [0.4, 0.5) is 5.82 Å². The van der Waals surface area contributed by atoms with Crippen LogP contribution in [0.1, 0.15) is 18.7 Å². The molecule has 3 heterocycles. The molecule has 24 heavy (non-hydrogen) atoms. The summed E-state index contributed by atoms with van der Waals surface area (Å²) < 4.78 is 10.2. The van der Waals surface area contributed by atoms with Crippen LogP contribution in [-0.4, -0.2) is 53.0 Å². The number of rotatable bonds is 6. The number of ether oxygens (including phenoxy) is 1. The maximum atomic E-state index is 11.0. The van der Waals surface area contributed by atoms with Gasteiger partial charge in [0, 0.05) is 32.8 Å². The van der Waals surface area contributed by atoms with Crippen molar-refractivity contribution in [2.45, 2.75) is 19.3 Å². The first kappa shape index (κ1) is 16.4. The molecule has 0 amide bonds. The van der Waals surface area contributed by atoms with E-state index in [4.69, 9.17) is 14.4 Å². The molecule has 8 heteroatoms. The maximum absolute atomic E-state index is 11.0. The first-order chi connectivity index (χ1) is 11.7. The summed E-state index contributed by atoms with van der Waals surface area (Å²) in [5.74, 6) is 0.918. The van der Waals surface area contributed by atoms with E-state index in [1.165, 1.54) is 0 Å². The monoisotopic (exact) mass is 332 g/mol. The van der Waals surface area contributed by atoms with Crippen molar-refractivity contribution < 1.29 is 19.2 Å². The van der Waals surface area contributed by atoms with Crippen LogP contribution in [-0.2, 0) is 16.0 Å². The largest absolute Gasteiger partial charge is 0.481 e. The van der Waals surface area contributed by atoms with Crippen LogP contribution >= 0.6 is 0 Å². The van der Waals surface area contributed by atoms with Crippen molar-refractivity contribution in [3.8, 4) is 11.5 Å². The molecular formula is C16H20N4O4. The molecule has 0 unspecified atom stereocenters. The third-order valence-corrected chi connectivity index (χ3v) is 4.16. The van der Waals surface area contributed by atoms with E-state index in [1.54, 1.807) is 13.3 Å². The zero-order valence-corrected chi connectivity index (χ0v) is 13.5. The lowest BCUT2D eigenvalue weighted by molar-refractivity contribution is -0.142. The van der Waals surface area contributed by atoms with Gasteiger partial charge in [-0.2, -0.15) is 4.98 Å². The third kappa shape index (κ3) is 3.70. The molecule has 3 rings (SSSR count). The second-order valence-corrected chi connectivity index (χ2v) is 5.76. The number of nitrogens with zero attached hydrogens (tertiary/aromatic N) is 4. The van der Waals surface area contributed by atoms with E-state index < -0.39 is 5.97 Å².